The van der Waals surface area contributed by atoms with Gasteiger partial charge in [0.25, 0.3) is 0 Å². The van der Waals surface area contributed by atoms with Crippen LogP contribution in [0.15, 0.2) is 36.5 Å². The van der Waals surface area contributed by atoms with Crippen LogP contribution in [-0.2, 0) is 17.8 Å². The SMILES string of the molecule is COc1cc(-n2nc(-c3ccnc(C)c3)c3c2CC(C)OC3)ccc1OC(F)(F)F. The molecule has 1 atom stereocenters. The molecule has 1 aliphatic rings. The van der Waals surface area contributed by atoms with Gasteiger partial charge in [0, 0.05) is 35.5 Å². The molecule has 0 radical (unpaired) electrons. The first kappa shape index (κ1) is 20.2. The van der Waals surface area contributed by atoms with Gasteiger partial charge in [-0.05, 0) is 38.1 Å². The Hall–Kier alpha value is -3.07. The number of halogens is 3. The first-order valence-electron chi connectivity index (χ1n) is 9.34. The number of hydrogen-bond acceptors (Lipinski definition) is 5. The summed E-state index contributed by atoms with van der Waals surface area (Å²) in [5.41, 5.74) is 5.00. The zero-order valence-electron chi connectivity index (χ0n) is 16.7. The minimum Gasteiger partial charge on any atom is -0.493 e. The molecule has 2 aromatic heterocycles. The van der Waals surface area contributed by atoms with Gasteiger partial charge in [-0.2, -0.15) is 5.10 Å². The standard InChI is InChI=1S/C21H20F3N3O3/c1-12-8-14(6-7-25-12)20-16-11-29-13(2)9-17(16)27(26-20)15-4-5-18(19(10-15)28-3)30-21(22,23)24/h4-8,10,13H,9,11H2,1-3H3. The number of pyridine rings is 1. The number of ether oxygens (including phenoxy) is 3. The molecule has 158 valence electrons. The Morgan fingerprint density at radius 3 is 2.67 bits per heavy atom. The summed E-state index contributed by atoms with van der Waals surface area (Å²) in [4.78, 5) is 4.23. The molecule has 1 aromatic carbocycles. The predicted octanol–water partition coefficient (Wildman–Crippen LogP) is 4.61. The number of benzene rings is 1. The third-order valence-corrected chi connectivity index (χ3v) is 4.87. The third kappa shape index (κ3) is 3.97. The Kier molecular flexibility index (Phi) is 5.15. The van der Waals surface area contributed by atoms with Crippen LogP contribution in [0.25, 0.3) is 16.9 Å². The number of rotatable bonds is 4. The second kappa shape index (κ2) is 7.64. The molecule has 0 saturated heterocycles. The van der Waals surface area contributed by atoms with Crippen LogP contribution in [0.4, 0.5) is 13.2 Å². The van der Waals surface area contributed by atoms with Crippen molar-refractivity contribution in [3.63, 3.8) is 0 Å². The van der Waals surface area contributed by atoms with Crippen molar-refractivity contribution in [3.8, 4) is 28.4 Å². The van der Waals surface area contributed by atoms with Crippen LogP contribution in [0, 0.1) is 6.92 Å². The minimum absolute atomic E-state index is 0.00490. The van der Waals surface area contributed by atoms with Gasteiger partial charge < -0.3 is 14.2 Å². The normalized spacial score (nSPS) is 16.3. The Morgan fingerprint density at radius 2 is 1.97 bits per heavy atom. The van der Waals surface area contributed by atoms with Crippen molar-refractivity contribution >= 4 is 0 Å². The molecule has 30 heavy (non-hydrogen) atoms. The summed E-state index contributed by atoms with van der Waals surface area (Å²) in [6, 6.07) is 8.05. The van der Waals surface area contributed by atoms with Crippen LogP contribution in [-0.4, -0.2) is 34.3 Å². The lowest BCUT2D eigenvalue weighted by Crippen LogP contribution is -2.21. The molecular formula is C21H20F3N3O3. The van der Waals surface area contributed by atoms with E-state index in [0.29, 0.717) is 18.7 Å². The number of methoxy groups -OCH3 is 1. The summed E-state index contributed by atoms with van der Waals surface area (Å²) >= 11 is 0. The molecule has 0 aliphatic carbocycles. The van der Waals surface area contributed by atoms with Crippen molar-refractivity contribution in [2.45, 2.75) is 39.3 Å². The Morgan fingerprint density at radius 1 is 1.17 bits per heavy atom. The second-order valence-electron chi connectivity index (χ2n) is 7.08. The highest BCUT2D eigenvalue weighted by atomic mass is 19.4. The Balaban J connectivity index is 1.83. The van der Waals surface area contributed by atoms with Crippen LogP contribution in [0.2, 0.25) is 0 Å². The monoisotopic (exact) mass is 419 g/mol. The van der Waals surface area contributed by atoms with Crippen molar-refractivity contribution in [2.75, 3.05) is 7.11 Å². The van der Waals surface area contributed by atoms with E-state index in [0.717, 1.165) is 28.2 Å². The van der Waals surface area contributed by atoms with E-state index in [2.05, 4.69) is 9.72 Å². The summed E-state index contributed by atoms with van der Waals surface area (Å²) in [7, 11) is 1.29. The van der Waals surface area contributed by atoms with Gasteiger partial charge in [-0.15, -0.1) is 13.2 Å². The number of alkyl halides is 3. The summed E-state index contributed by atoms with van der Waals surface area (Å²) in [5.74, 6) is -0.438. The summed E-state index contributed by atoms with van der Waals surface area (Å²) in [6.45, 7) is 4.27. The van der Waals surface area contributed by atoms with Gasteiger partial charge >= 0.3 is 6.36 Å². The van der Waals surface area contributed by atoms with Crippen molar-refractivity contribution in [1.29, 1.82) is 0 Å². The number of fused-ring (bicyclic) bond motifs is 1. The zero-order valence-corrected chi connectivity index (χ0v) is 16.7. The van der Waals surface area contributed by atoms with Gasteiger partial charge in [0.15, 0.2) is 11.5 Å². The van der Waals surface area contributed by atoms with E-state index in [4.69, 9.17) is 14.6 Å². The fourth-order valence-corrected chi connectivity index (χ4v) is 3.54. The number of nitrogens with zero attached hydrogens (tertiary/aromatic N) is 3. The van der Waals surface area contributed by atoms with Gasteiger partial charge in [-0.25, -0.2) is 4.68 Å². The molecule has 0 bridgehead atoms. The fraction of sp³-hybridized carbons (Fsp3) is 0.333. The molecule has 1 unspecified atom stereocenters. The fourth-order valence-electron chi connectivity index (χ4n) is 3.54. The molecule has 6 nitrogen and oxygen atoms in total. The quantitative estimate of drug-likeness (QED) is 0.618. The van der Waals surface area contributed by atoms with Gasteiger partial charge in [0.05, 0.1) is 36.9 Å². The van der Waals surface area contributed by atoms with Crippen LogP contribution >= 0.6 is 0 Å². The van der Waals surface area contributed by atoms with E-state index in [1.54, 1.807) is 10.9 Å². The van der Waals surface area contributed by atoms with E-state index in [-0.39, 0.29) is 11.9 Å². The highest BCUT2D eigenvalue weighted by Gasteiger charge is 2.33. The summed E-state index contributed by atoms with van der Waals surface area (Å²) < 4.78 is 54.7. The minimum atomic E-state index is -4.81. The van der Waals surface area contributed by atoms with Crippen molar-refractivity contribution < 1.29 is 27.4 Å². The maximum atomic E-state index is 12.7. The number of aromatic nitrogens is 3. The van der Waals surface area contributed by atoms with Crippen molar-refractivity contribution in [2.24, 2.45) is 0 Å². The topological polar surface area (TPSA) is 58.4 Å². The molecule has 0 N–H and O–H groups in total. The molecular weight excluding hydrogens is 399 g/mol. The molecule has 1 aliphatic heterocycles. The van der Waals surface area contributed by atoms with E-state index in [1.807, 2.05) is 26.0 Å². The smallest absolute Gasteiger partial charge is 0.493 e. The molecule has 9 heteroatoms. The number of aryl methyl sites for hydroxylation is 1. The Labute approximate surface area is 171 Å². The lowest BCUT2D eigenvalue weighted by atomic mass is 10.0. The second-order valence-corrected chi connectivity index (χ2v) is 7.08. The van der Waals surface area contributed by atoms with E-state index in [9.17, 15) is 13.2 Å². The van der Waals surface area contributed by atoms with Crippen LogP contribution in [0.3, 0.4) is 0 Å². The molecule has 3 heterocycles. The molecule has 0 saturated carbocycles. The molecule has 0 spiro atoms. The maximum Gasteiger partial charge on any atom is 0.573 e. The third-order valence-electron chi connectivity index (χ3n) is 4.87. The van der Waals surface area contributed by atoms with Crippen LogP contribution < -0.4 is 9.47 Å². The molecule has 4 rings (SSSR count). The molecule has 3 aromatic rings. The largest absolute Gasteiger partial charge is 0.573 e. The van der Waals surface area contributed by atoms with E-state index < -0.39 is 12.1 Å². The first-order chi connectivity index (χ1) is 14.2. The maximum absolute atomic E-state index is 12.7. The predicted molar refractivity (Wildman–Crippen MR) is 103 cm³/mol. The van der Waals surface area contributed by atoms with Gasteiger partial charge in [-0.3, -0.25) is 4.98 Å². The van der Waals surface area contributed by atoms with Crippen LogP contribution in [0.5, 0.6) is 11.5 Å². The van der Waals surface area contributed by atoms with E-state index in [1.165, 1.54) is 25.3 Å². The lowest BCUT2D eigenvalue weighted by Gasteiger charge is -2.21. The average Bonchev–Trinajstić information content (AvgIpc) is 3.06. The van der Waals surface area contributed by atoms with Crippen molar-refractivity contribution in [1.82, 2.24) is 14.8 Å². The molecule has 0 fully saturated rings. The summed E-state index contributed by atoms with van der Waals surface area (Å²) in [6.07, 6.45) is -2.47. The van der Waals surface area contributed by atoms with Crippen molar-refractivity contribution in [3.05, 3.63) is 53.5 Å². The zero-order chi connectivity index (χ0) is 21.5. The van der Waals surface area contributed by atoms with Crippen LogP contribution in [0.1, 0.15) is 23.9 Å². The van der Waals surface area contributed by atoms with E-state index >= 15 is 0 Å². The Bertz CT molecular complexity index is 1080. The highest BCUT2D eigenvalue weighted by molar-refractivity contribution is 5.65. The lowest BCUT2D eigenvalue weighted by molar-refractivity contribution is -0.275. The number of hydrogen-bond donors (Lipinski definition) is 0. The average molecular weight is 419 g/mol. The molecule has 0 amide bonds. The van der Waals surface area contributed by atoms with Gasteiger partial charge in [-0.1, -0.05) is 0 Å². The first-order valence-corrected chi connectivity index (χ1v) is 9.34. The highest BCUT2D eigenvalue weighted by Crippen LogP contribution is 2.37. The summed E-state index contributed by atoms with van der Waals surface area (Å²) in [5, 5.41) is 4.78. The van der Waals surface area contributed by atoms with Gasteiger partial charge in [0.2, 0.25) is 0 Å². The van der Waals surface area contributed by atoms with Gasteiger partial charge in [0.1, 0.15) is 0 Å².